The molecule has 2 unspecified atom stereocenters. The van der Waals surface area contributed by atoms with Gasteiger partial charge in [-0.1, -0.05) is 18.2 Å². The molecule has 1 N–H and O–H groups in total. The summed E-state index contributed by atoms with van der Waals surface area (Å²) >= 11 is 0. The molecule has 2 fully saturated rings. The Bertz CT molecular complexity index is 954. The highest BCUT2D eigenvalue weighted by Crippen LogP contribution is 2.33. The van der Waals surface area contributed by atoms with E-state index in [9.17, 15) is 18.0 Å². The first-order valence-electron chi connectivity index (χ1n) is 10.4. The van der Waals surface area contributed by atoms with Gasteiger partial charge in [0, 0.05) is 38.4 Å². The van der Waals surface area contributed by atoms with Crippen molar-refractivity contribution in [2.75, 3.05) is 26.3 Å². The van der Waals surface area contributed by atoms with Crippen molar-refractivity contribution < 1.29 is 27.4 Å². The third kappa shape index (κ3) is 5.43. The number of carbonyl (C=O) groups is 1. The molecule has 7 nitrogen and oxygen atoms in total. The predicted octanol–water partition coefficient (Wildman–Crippen LogP) is 2.48. The maximum atomic E-state index is 13.0. The fourth-order valence-corrected chi connectivity index (χ4v) is 4.04. The molecule has 32 heavy (non-hydrogen) atoms. The number of benzene rings is 1. The molecule has 2 aliphatic rings. The smallest absolute Gasteiger partial charge is 0.370 e. The molecule has 3 heterocycles. The Morgan fingerprint density at radius 1 is 1.31 bits per heavy atom. The molecule has 0 bridgehead atoms. The van der Waals surface area contributed by atoms with Gasteiger partial charge in [0.15, 0.2) is 0 Å². The van der Waals surface area contributed by atoms with Crippen LogP contribution < -0.4 is 5.32 Å². The molecule has 1 spiro atoms. The van der Waals surface area contributed by atoms with E-state index in [0.29, 0.717) is 44.0 Å². The number of nitrogens with one attached hydrogen (secondary N) is 1. The summed E-state index contributed by atoms with van der Waals surface area (Å²) in [6, 6.07) is 5.35. The number of hydrogen-bond acceptors (Lipinski definition) is 6. The van der Waals surface area contributed by atoms with E-state index in [0.717, 1.165) is 11.6 Å². The van der Waals surface area contributed by atoms with Gasteiger partial charge in [-0.25, -0.2) is 9.97 Å². The molecule has 2 atom stereocenters. The number of aromatic nitrogens is 2. The summed E-state index contributed by atoms with van der Waals surface area (Å²) in [5.41, 5.74) is 0.215. The molecular weight excluding hydrogens is 425 g/mol. The molecule has 0 aliphatic carbocycles. The van der Waals surface area contributed by atoms with E-state index in [4.69, 9.17) is 9.47 Å². The fraction of sp³-hybridized carbons (Fsp3) is 0.500. The molecule has 1 amide bonds. The zero-order chi connectivity index (χ0) is 22.8. The lowest BCUT2D eigenvalue weighted by atomic mass is 9.96. The van der Waals surface area contributed by atoms with E-state index >= 15 is 0 Å². The van der Waals surface area contributed by atoms with Gasteiger partial charge < -0.3 is 14.8 Å². The molecule has 2 aromatic rings. The summed E-state index contributed by atoms with van der Waals surface area (Å²) in [7, 11) is 0. The zero-order valence-electron chi connectivity index (χ0n) is 17.7. The van der Waals surface area contributed by atoms with Crippen molar-refractivity contribution >= 4 is 5.91 Å². The molecular formula is C22H25F3N4O3. The number of carbonyl (C=O) groups excluding carboxylic acids is 1. The average molecular weight is 450 g/mol. The molecule has 172 valence electrons. The number of amides is 1. The van der Waals surface area contributed by atoms with Gasteiger partial charge in [-0.3, -0.25) is 9.69 Å². The van der Waals surface area contributed by atoms with Crippen molar-refractivity contribution in [2.24, 2.45) is 0 Å². The van der Waals surface area contributed by atoms with Crippen molar-refractivity contribution in [1.82, 2.24) is 20.2 Å². The molecule has 1 aromatic carbocycles. The number of rotatable bonds is 5. The highest BCUT2D eigenvalue weighted by atomic mass is 19.4. The Labute approximate surface area is 183 Å². The van der Waals surface area contributed by atoms with Crippen molar-refractivity contribution in [3.05, 3.63) is 59.2 Å². The van der Waals surface area contributed by atoms with Crippen LogP contribution in [0.1, 0.15) is 28.9 Å². The first kappa shape index (κ1) is 22.6. The van der Waals surface area contributed by atoms with Crippen LogP contribution in [0, 0.1) is 6.92 Å². The van der Waals surface area contributed by atoms with Gasteiger partial charge >= 0.3 is 6.18 Å². The van der Waals surface area contributed by atoms with Crippen LogP contribution >= 0.6 is 0 Å². The van der Waals surface area contributed by atoms with E-state index in [1.807, 2.05) is 11.8 Å². The zero-order valence-corrected chi connectivity index (χ0v) is 17.7. The first-order chi connectivity index (χ1) is 15.2. The molecule has 2 saturated heterocycles. The summed E-state index contributed by atoms with van der Waals surface area (Å²) in [5.74, 6) is 0.252. The maximum Gasteiger partial charge on any atom is 0.416 e. The van der Waals surface area contributed by atoms with Crippen molar-refractivity contribution in [2.45, 2.75) is 44.3 Å². The standard InChI is InChI=1S/C22H25F3N4O3/c1-15-9-26-19(27-10-15)11-28-20(30)18-8-21(14-31-18)13-29(5-6-32-21)12-16-3-2-4-17(7-16)22(23,24)25/h2-4,7,9-10,18H,5-6,8,11-14H2,1H3,(H,28,30). The number of aryl methyl sites for hydroxylation is 1. The summed E-state index contributed by atoms with van der Waals surface area (Å²) in [5, 5.41) is 2.79. The van der Waals surface area contributed by atoms with E-state index in [1.165, 1.54) is 12.1 Å². The Hall–Kier alpha value is -2.56. The molecule has 2 aliphatic heterocycles. The first-order valence-corrected chi connectivity index (χ1v) is 10.4. The van der Waals surface area contributed by atoms with Crippen LogP contribution in [-0.4, -0.2) is 58.8 Å². The largest absolute Gasteiger partial charge is 0.416 e. The van der Waals surface area contributed by atoms with Gasteiger partial charge in [0.25, 0.3) is 0 Å². The predicted molar refractivity (Wildman–Crippen MR) is 108 cm³/mol. The summed E-state index contributed by atoms with van der Waals surface area (Å²) < 4.78 is 50.7. The molecule has 0 radical (unpaired) electrons. The number of hydrogen-bond donors (Lipinski definition) is 1. The van der Waals surface area contributed by atoms with Gasteiger partial charge in [0.05, 0.1) is 25.3 Å². The highest BCUT2D eigenvalue weighted by Gasteiger charge is 2.46. The summed E-state index contributed by atoms with van der Waals surface area (Å²) in [6.07, 6.45) is -1.28. The molecule has 4 rings (SSSR count). The molecule has 1 aromatic heterocycles. The number of halogens is 3. The normalized spacial score (nSPS) is 24.1. The average Bonchev–Trinajstić information content (AvgIpc) is 3.16. The monoisotopic (exact) mass is 450 g/mol. The van der Waals surface area contributed by atoms with Crippen LogP contribution in [-0.2, 0) is 33.5 Å². The van der Waals surface area contributed by atoms with Crippen molar-refractivity contribution in [3.63, 3.8) is 0 Å². The number of morpholine rings is 1. The van der Waals surface area contributed by atoms with Gasteiger partial charge in [0.2, 0.25) is 5.91 Å². The van der Waals surface area contributed by atoms with Gasteiger partial charge in [-0.05, 0) is 24.1 Å². The quantitative estimate of drug-likeness (QED) is 0.755. The minimum atomic E-state index is -4.37. The number of nitrogens with zero attached hydrogens (tertiary/aromatic N) is 3. The van der Waals surface area contributed by atoms with Crippen LogP contribution in [0.4, 0.5) is 13.2 Å². The van der Waals surface area contributed by atoms with E-state index in [2.05, 4.69) is 15.3 Å². The second-order valence-electron chi connectivity index (χ2n) is 8.34. The maximum absolute atomic E-state index is 13.0. The third-order valence-electron chi connectivity index (χ3n) is 5.64. The van der Waals surface area contributed by atoms with Crippen molar-refractivity contribution in [3.8, 4) is 0 Å². The summed E-state index contributed by atoms with van der Waals surface area (Å²) in [6.45, 7) is 4.21. The lowest BCUT2D eigenvalue weighted by Crippen LogP contribution is -2.52. The van der Waals surface area contributed by atoms with Crippen LogP contribution in [0.3, 0.4) is 0 Å². The lowest BCUT2D eigenvalue weighted by molar-refractivity contribution is -0.137. The van der Waals surface area contributed by atoms with E-state index in [1.54, 1.807) is 18.5 Å². The molecule has 0 saturated carbocycles. The van der Waals surface area contributed by atoms with Crippen LogP contribution in [0.5, 0.6) is 0 Å². The minimum Gasteiger partial charge on any atom is -0.370 e. The van der Waals surface area contributed by atoms with Crippen molar-refractivity contribution in [1.29, 1.82) is 0 Å². The molecule has 10 heteroatoms. The Kier molecular flexibility index (Phi) is 6.45. The third-order valence-corrected chi connectivity index (χ3v) is 5.64. The second-order valence-corrected chi connectivity index (χ2v) is 8.34. The van der Waals surface area contributed by atoms with Gasteiger partial charge in [-0.2, -0.15) is 13.2 Å². The van der Waals surface area contributed by atoms with Crippen LogP contribution in [0.2, 0.25) is 0 Å². The van der Waals surface area contributed by atoms with E-state index < -0.39 is 23.4 Å². The van der Waals surface area contributed by atoms with Gasteiger partial charge in [0.1, 0.15) is 17.5 Å². The lowest BCUT2D eigenvalue weighted by Gasteiger charge is -2.39. The number of alkyl halides is 3. The van der Waals surface area contributed by atoms with Gasteiger partial charge in [-0.15, -0.1) is 0 Å². The second kappa shape index (κ2) is 9.13. The Morgan fingerprint density at radius 3 is 2.84 bits per heavy atom. The van der Waals surface area contributed by atoms with E-state index in [-0.39, 0.29) is 19.1 Å². The minimum absolute atomic E-state index is 0.203. The highest BCUT2D eigenvalue weighted by molar-refractivity contribution is 5.81. The SMILES string of the molecule is Cc1cnc(CNC(=O)C2CC3(CO2)CN(Cc2cccc(C(F)(F)F)c2)CCO3)nc1. The van der Waals surface area contributed by atoms with Crippen LogP contribution in [0.15, 0.2) is 36.7 Å². The number of ether oxygens (including phenoxy) is 2. The fourth-order valence-electron chi connectivity index (χ4n) is 4.04. The Morgan fingerprint density at radius 2 is 2.09 bits per heavy atom. The topological polar surface area (TPSA) is 76.6 Å². The Balaban J connectivity index is 1.33. The summed E-state index contributed by atoms with van der Waals surface area (Å²) in [4.78, 5) is 22.9. The van der Waals surface area contributed by atoms with Crippen LogP contribution in [0.25, 0.3) is 0 Å².